The number of nitrogens with one attached hydrogen (secondary N) is 1. The van der Waals surface area contributed by atoms with Crippen LogP contribution in [0.15, 0.2) is 78.9 Å². The molecule has 1 N–H and O–H groups in total. The second kappa shape index (κ2) is 7.88. The quantitative estimate of drug-likeness (QED) is 0.471. The lowest BCUT2D eigenvalue weighted by molar-refractivity contribution is 0.0941. The molecule has 29 heavy (non-hydrogen) atoms. The molecule has 0 saturated carbocycles. The molecule has 4 rings (SSSR count). The van der Waals surface area contributed by atoms with Crippen LogP contribution in [0.25, 0.3) is 22.2 Å². The molecular formula is C26H24N2O. The molecule has 0 saturated heterocycles. The maximum Gasteiger partial charge on any atom is 0.252 e. The predicted molar refractivity (Wildman–Crippen MR) is 119 cm³/mol. The first-order valence-corrected chi connectivity index (χ1v) is 9.86. The molecule has 3 heteroatoms. The maximum atomic E-state index is 13.2. The van der Waals surface area contributed by atoms with Crippen molar-refractivity contribution in [3.05, 3.63) is 101 Å². The fourth-order valence-electron chi connectivity index (χ4n) is 3.70. The lowest BCUT2D eigenvalue weighted by Crippen LogP contribution is -2.27. The monoisotopic (exact) mass is 380 g/mol. The summed E-state index contributed by atoms with van der Waals surface area (Å²) in [6, 6.07) is 25.9. The van der Waals surface area contributed by atoms with Gasteiger partial charge in [0, 0.05) is 10.9 Å². The highest BCUT2D eigenvalue weighted by Crippen LogP contribution is 2.28. The second-order valence-electron chi connectivity index (χ2n) is 7.50. The van der Waals surface area contributed by atoms with Gasteiger partial charge in [-0.15, -0.1) is 0 Å². The first-order valence-electron chi connectivity index (χ1n) is 9.86. The third-order valence-corrected chi connectivity index (χ3v) is 5.27. The Hall–Kier alpha value is -3.46. The van der Waals surface area contributed by atoms with E-state index < -0.39 is 0 Å². The third-order valence-electron chi connectivity index (χ3n) is 5.27. The van der Waals surface area contributed by atoms with Crippen LogP contribution in [0.2, 0.25) is 0 Å². The van der Waals surface area contributed by atoms with E-state index in [0.717, 1.165) is 33.3 Å². The summed E-state index contributed by atoms with van der Waals surface area (Å²) in [4.78, 5) is 18.1. The van der Waals surface area contributed by atoms with Crippen LogP contribution in [0.4, 0.5) is 0 Å². The van der Waals surface area contributed by atoms with Crippen molar-refractivity contribution >= 4 is 16.8 Å². The van der Waals surface area contributed by atoms with Gasteiger partial charge in [0.2, 0.25) is 0 Å². The van der Waals surface area contributed by atoms with E-state index in [2.05, 4.69) is 37.4 Å². The van der Waals surface area contributed by atoms with E-state index in [1.54, 1.807) is 0 Å². The van der Waals surface area contributed by atoms with Crippen molar-refractivity contribution in [3.63, 3.8) is 0 Å². The molecule has 3 nitrogen and oxygen atoms in total. The molecule has 0 radical (unpaired) electrons. The summed E-state index contributed by atoms with van der Waals surface area (Å²) in [5.74, 6) is -0.0917. The Bertz CT molecular complexity index is 1180. The standard InChI is InChI=1S/C26H24N2O/c1-17-13-14-21(18(2)15-17)25-16-23(22-11-7-8-12-24(22)28-25)26(29)27-19(3)20-9-5-4-6-10-20/h4-16,19H,1-3H3,(H,27,29)/t19-/m1/s1. The van der Waals surface area contributed by atoms with Gasteiger partial charge in [-0.05, 0) is 44.0 Å². The largest absolute Gasteiger partial charge is 0.345 e. The van der Waals surface area contributed by atoms with Gasteiger partial charge in [0.1, 0.15) is 0 Å². The Morgan fingerprint density at radius 2 is 1.62 bits per heavy atom. The average Bonchev–Trinajstić information content (AvgIpc) is 2.73. The van der Waals surface area contributed by atoms with Crippen molar-refractivity contribution in [2.45, 2.75) is 26.8 Å². The van der Waals surface area contributed by atoms with Gasteiger partial charge in [-0.2, -0.15) is 0 Å². The smallest absolute Gasteiger partial charge is 0.252 e. The van der Waals surface area contributed by atoms with Crippen LogP contribution in [0.5, 0.6) is 0 Å². The van der Waals surface area contributed by atoms with Crippen LogP contribution < -0.4 is 5.32 Å². The topological polar surface area (TPSA) is 42.0 Å². The number of carbonyl (C=O) groups excluding carboxylic acids is 1. The molecular weight excluding hydrogens is 356 g/mol. The maximum absolute atomic E-state index is 13.2. The zero-order chi connectivity index (χ0) is 20.4. The fraction of sp³-hybridized carbons (Fsp3) is 0.154. The van der Waals surface area contributed by atoms with Gasteiger partial charge in [0.05, 0.1) is 22.8 Å². The lowest BCUT2D eigenvalue weighted by atomic mass is 9.99. The molecule has 0 unspecified atom stereocenters. The summed E-state index contributed by atoms with van der Waals surface area (Å²) in [5.41, 5.74) is 6.77. The zero-order valence-corrected chi connectivity index (χ0v) is 16.9. The number of hydrogen-bond donors (Lipinski definition) is 1. The molecule has 1 amide bonds. The normalized spacial score (nSPS) is 12.0. The average molecular weight is 380 g/mol. The van der Waals surface area contributed by atoms with Crippen molar-refractivity contribution in [3.8, 4) is 11.3 Å². The number of carbonyl (C=O) groups is 1. The number of benzene rings is 3. The van der Waals surface area contributed by atoms with Crippen LogP contribution >= 0.6 is 0 Å². The van der Waals surface area contributed by atoms with E-state index in [4.69, 9.17) is 4.98 Å². The van der Waals surface area contributed by atoms with Gasteiger partial charge in [-0.1, -0.05) is 72.3 Å². The van der Waals surface area contributed by atoms with Crippen LogP contribution in [-0.4, -0.2) is 10.9 Å². The van der Waals surface area contributed by atoms with Crippen LogP contribution in [0.3, 0.4) is 0 Å². The number of fused-ring (bicyclic) bond motifs is 1. The Labute approximate surface area is 171 Å². The molecule has 3 aromatic carbocycles. The minimum atomic E-state index is -0.0917. The Balaban J connectivity index is 1.77. The first-order chi connectivity index (χ1) is 14.0. The molecule has 0 fully saturated rings. The van der Waals surface area contributed by atoms with Crippen LogP contribution in [-0.2, 0) is 0 Å². The van der Waals surface area contributed by atoms with E-state index in [1.807, 2.05) is 67.6 Å². The summed E-state index contributed by atoms with van der Waals surface area (Å²) in [7, 11) is 0. The summed E-state index contributed by atoms with van der Waals surface area (Å²) in [6.07, 6.45) is 0. The Morgan fingerprint density at radius 1 is 0.897 bits per heavy atom. The highest BCUT2D eigenvalue weighted by Gasteiger charge is 2.17. The van der Waals surface area contributed by atoms with Gasteiger partial charge >= 0.3 is 0 Å². The van der Waals surface area contributed by atoms with E-state index in [9.17, 15) is 4.79 Å². The number of amides is 1. The van der Waals surface area contributed by atoms with Crippen molar-refractivity contribution < 1.29 is 4.79 Å². The summed E-state index contributed by atoms with van der Waals surface area (Å²) in [6.45, 7) is 6.16. The van der Waals surface area contributed by atoms with E-state index in [-0.39, 0.29) is 11.9 Å². The highest BCUT2D eigenvalue weighted by atomic mass is 16.1. The Morgan fingerprint density at radius 3 is 2.38 bits per heavy atom. The van der Waals surface area contributed by atoms with Gasteiger partial charge in [-0.3, -0.25) is 4.79 Å². The zero-order valence-electron chi connectivity index (χ0n) is 16.9. The second-order valence-corrected chi connectivity index (χ2v) is 7.50. The molecule has 1 heterocycles. The molecule has 4 aromatic rings. The van der Waals surface area contributed by atoms with Crippen molar-refractivity contribution in [2.24, 2.45) is 0 Å². The molecule has 1 atom stereocenters. The molecule has 144 valence electrons. The fourth-order valence-corrected chi connectivity index (χ4v) is 3.70. The predicted octanol–water partition coefficient (Wildman–Crippen LogP) is 6.01. The van der Waals surface area contributed by atoms with E-state index in [1.165, 1.54) is 5.56 Å². The number of pyridine rings is 1. The van der Waals surface area contributed by atoms with Crippen molar-refractivity contribution in [1.29, 1.82) is 0 Å². The molecule has 0 spiro atoms. The van der Waals surface area contributed by atoms with Crippen molar-refractivity contribution in [1.82, 2.24) is 10.3 Å². The van der Waals surface area contributed by atoms with Crippen molar-refractivity contribution in [2.75, 3.05) is 0 Å². The van der Waals surface area contributed by atoms with Gasteiger partial charge in [0.15, 0.2) is 0 Å². The van der Waals surface area contributed by atoms with Gasteiger partial charge < -0.3 is 5.32 Å². The summed E-state index contributed by atoms with van der Waals surface area (Å²) < 4.78 is 0. The number of nitrogens with zero attached hydrogens (tertiary/aromatic N) is 1. The number of para-hydroxylation sites is 1. The Kier molecular flexibility index (Phi) is 5.13. The summed E-state index contributed by atoms with van der Waals surface area (Å²) in [5, 5.41) is 4.00. The molecule has 0 aliphatic heterocycles. The molecule has 0 aliphatic carbocycles. The van der Waals surface area contributed by atoms with Crippen LogP contribution in [0.1, 0.15) is 40.0 Å². The third kappa shape index (κ3) is 3.90. The SMILES string of the molecule is Cc1ccc(-c2cc(C(=O)N[C@H](C)c3ccccc3)c3ccccc3n2)c(C)c1. The van der Waals surface area contributed by atoms with E-state index >= 15 is 0 Å². The number of hydrogen-bond acceptors (Lipinski definition) is 2. The molecule has 1 aromatic heterocycles. The minimum Gasteiger partial charge on any atom is -0.345 e. The molecule has 0 bridgehead atoms. The minimum absolute atomic E-state index is 0.0832. The highest BCUT2D eigenvalue weighted by molar-refractivity contribution is 6.07. The number of aryl methyl sites for hydroxylation is 2. The lowest BCUT2D eigenvalue weighted by Gasteiger charge is -2.16. The van der Waals surface area contributed by atoms with E-state index in [0.29, 0.717) is 5.56 Å². The molecule has 0 aliphatic rings. The van der Waals surface area contributed by atoms with Gasteiger partial charge in [-0.25, -0.2) is 4.98 Å². The van der Waals surface area contributed by atoms with Gasteiger partial charge in [0.25, 0.3) is 5.91 Å². The number of aromatic nitrogens is 1. The summed E-state index contributed by atoms with van der Waals surface area (Å²) >= 11 is 0. The first kappa shape index (κ1) is 18.9. The number of rotatable bonds is 4. The van der Waals surface area contributed by atoms with Crippen LogP contribution in [0, 0.1) is 13.8 Å².